The third kappa shape index (κ3) is 4.33. The highest BCUT2D eigenvalue weighted by Crippen LogP contribution is 2.27. The van der Waals surface area contributed by atoms with Crippen molar-refractivity contribution in [2.75, 3.05) is 11.1 Å². The number of nitrogens with zero attached hydrogens (tertiary/aromatic N) is 1. The lowest BCUT2D eigenvalue weighted by Gasteiger charge is -2.10. The Bertz CT molecular complexity index is 956. The molecule has 0 unspecified atom stereocenters. The molecule has 5 heteroatoms. The van der Waals surface area contributed by atoms with E-state index in [0.29, 0.717) is 16.5 Å². The Labute approximate surface area is 156 Å². The second-order valence-corrected chi connectivity index (χ2v) is 7.53. The molecule has 0 bridgehead atoms. The number of amides is 1. The van der Waals surface area contributed by atoms with Crippen molar-refractivity contribution in [3.05, 3.63) is 64.2 Å². The van der Waals surface area contributed by atoms with Gasteiger partial charge in [0, 0.05) is 16.1 Å². The Balaban J connectivity index is 1.74. The van der Waals surface area contributed by atoms with Crippen LogP contribution in [0.25, 0.3) is 10.9 Å². The molecule has 0 aliphatic heterocycles. The van der Waals surface area contributed by atoms with Crippen LogP contribution in [-0.2, 0) is 4.79 Å². The van der Waals surface area contributed by atoms with Gasteiger partial charge in [0.15, 0.2) is 0 Å². The van der Waals surface area contributed by atoms with Crippen LogP contribution in [0.15, 0.2) is 47.5 Å². The largest absolute Gasteiger partial charge is 0.325 e. The fourth-order valence-corrected chi connectivity index (χ4v) is 3.75. The summed E-state index contributed by atoms with van der Waals surface area (Å²) in [6, 6.07) is 13.5. The van der Waals surface area contributed by atoms with Gasteiger partial charge in [0.2, 0.25) is 5.91 Å². The van der Waals surface area contributed by atoms with Crippen molar-refractivity contribution in [3.8, 4) is 0 Å². The number of nitrogens with one attached hydrogen (secondary N) is 1. The van der Waals surface area contributed by atoms with Gasteiger partial charge in [-0.05, 0) is 62.2 Å². The highest BCUT2D eigenvalue weighted by atomic mass is 35.5. The van der Waals surface area contributed by atoms with Gasteiger partial charge in [-0.15, -0.1) is 0 Å². The van der Waals surface area contributed by atoms with Crippen molar-refractivity contribution in [2.24, 2.45) is 0 Å². The number of benzene rings is 2. The van der Waals surface area contributed by atoms with Crippen molar-refractivity contribution in [3.63, 3.8) is 0 Å². The summed E-state index contributed by atoms with van der Waals surface area (Å²) in [5.74, 6) is 0.225. The molecule has 128 valence electrons. The van der Waals surface area contributed by atoms with Gasteiger partial charge in [0.05, 0.1) is 16.3 Å². The van der Waals surface area contributed by atoms with Gasteiger partial charge in [-0.25, -0.2) is 4.98 Å². The lowest BCUT2D eigenvalue weighted by Crippen LogP contribution is -2.14. The Morgan fingerprint density at radius 2 is 1.92 bits per heavy atom. The molecule has 1 aromatic heterocycles. The van der Waals surface area contributed by atoms with E-state index < -0.39 is 0 Å². The third-order valence-electron chi connectivity index (χ3n) is 3.89. The fraction of sp³-hybridized carbons (Fsp3) is 0.200. The lowest BCUT2D eigenvalue weighted by atomic mass is 10.0. The number of fused-ring (bicyclic) bond motifs is 1. The molecule has 2 aromatic carbocycles. The van der Waals surface area contributed by atoms with Crippen LogP contribution in [0.1, 0.15) is 16.7 Å². The minimum Gasteiger partial charge on any atom is -0.325 e. The number of thioether (sulfide) groups is 1. The predicted molar refractivity (Wildman–Crippen MR) is 107 cm³/mol. The highest BCUT2D eigenvalue weighted by molar-refractivity contribution is 7.99. The molecule has 3 nitrogen and oxygen atoms in total. The van der Waals surface area contributed by atoms with Crippen molar-refractivity contribution in [1.82, 2.24) is 4.98 Å². The number of halogens is 1. The molecular weight excluding hydrogens is 352 g/mol. The molecule has 0 fully saturated rings. The number of carbonyl (C=O) groups excluding carboxylic acids is 1. The van der Waals surface area contributed by atoms with E-state index >= 15 is 0 Å². The number of hydrogen-bond acceptors (Lipinski definition) is 3. The second-order valence-electron chi connectivity index (χ2n) is 6.10. The number of aromatic nitrogens is 1. The van der Waals surface area contributed by atoms with Crippen LogP contribution in [0.4, 0.5) is 5.69 Å². The van der Waals surface area contributed by atoms with Crippen LogP contribution in [0.2, 0.25) is 5.02 Å². The number of aryl methyl sites for hydroxylation is 3. The van der Waals surface area contributed by atoms with Crippen LogP contribution >= 0.6 is 23.4 Å². The Hall–Kier alpha value is -2.04. The van der Waals surface area contributed by atoms with E-state index in [2.05, 4.69) is 38.2 Å². The quantitative estimate of drug-likeness (QED) is 0.612. The summed E-state index contributed by atoms with van der Waals surface area (Å²) >= 11 is 7.37. The van der Waals surface area contributed by atoms with E-state index in [1.165, 1.54) is 28.3 Å². The van der Waals surface area contributed by atoms with Gasteiger partial charge in [0.1, 0.15) is 0 Å². The minimum absolute atomic E-state index is 0.0764. The average molecular weight is 371 g/mol. The first-order valence-electron chi connectivity index (χ1n) is 7.99. The molecule has 1 N–H and O–H groups in total. The molecule has 0 aliphatic carbocycles. The zero-order valence-corrected chi connectivity index (χ0v) is 16.0. The normalized spacial score (nSPS) is 10.9. The highest BCUT2D eigenvalue weighted by Gasteiger charge is 2.09. The first-order valence-corrected chi connectivity index (χ1v) is 9.35. The number of carbonyl (C=O) groups is 1. The van der Waals surface area contributed by atoms with Crippen LogP contribution in [0.3, 0.4) is 0 Å². The standard InChI is InChI=1S/C20H19ClN2OS/c1-12-7-14(3)20-17(8-12)13(2)9-19(23-20)25-11-18(24)22-16-6-4-5-15(21)10-16/h4-10H,11H2,1-3H3,(H,22,24). The summed E-state index contributed by atoms with van der Waals surface area (Å²) in [6.07, 6.45) is 0. The maximum absolute atomic E-state index is 12.2. The van der Waals surface area contributed by atoms with E-state index in [0.717, 1.165) is 16.1 Å². The fourth-order valence-electron chi connectivity index (χ4n) is 2.79. The molecule has 0 radical (unpaired) electrons. The number of rotatable bonds is 4. The van der Waals surface area contributed by atoms with Crippen LogP contribution in [-0.4, -0.2) is 16.6 Å². The summed E-state index contributed by atoms with van der Waals surface area (Å²) in [6.45, 7) is 6.25. The predicted octanol–water partition coefficient (Wildman–Crippen LogP) is 5.54. The van der Waals surface area contributed by atoms with E-state index in [-0.39, 0.29) is 5.91 Å². The van der Waals surface area contributed by atoms with Gasteiger partial charge >= 0.3 is 0 Å². The molecule has 1 amide bonds. The molecule has 0 saturated heterocycles. The van der Waals surface area contributed by atoms with Gasteiger partial charge in [0.25, 0.3) is 0 Å². The molecule has 25 heavy (non-hydrogen) atoms. The average Bonchev–Trinajstić information content (AvgIpc) is 2.54. The molecule has 0 spiro atoms. The first-order chi connectivity index (χ1) is 11.9. The summed E-state index contributed by atoms with van der Waals surface area (Å²) in [5.41, 5.74) is 5.27. The maximum atomic E-state index is 12.2. The Morgan fingerprint density at radius 3 is 2.68 bits per heavy atom. The lowest BCUT2D eigenvalue weighted by molar-refractivity contribution is -0.113. The second kappa shape index (κ2) is 7.46. The van der Waals surface area contributed by atoms with Gasteiger partial charge in [-0.3, -0.25) is 4.79 Å². The SMILES string of the molecule is Cc1cc(C)c2nc(SCC(=O)Nc3cccc(Cl)c3)cc(C)c2c1. The summed E-state index contributed by atoms with van der Waals surface area (Å²) < 4.78 is 0. The minimum atomic E-state index is -0.0764. The van der Waals surface area contributed by atoms with Gasteiger partial charge in [-0.2, -0.15) is 0 Å². The van der Waals surface area contributed by atoms with E-state index in [1.807, 2.05) is 18.2 Å². The molecule has 0 saturated carbocycles. The first kappa shape index (κ1) is 17.8. The van der Waals surface area contributed by atoms with E-state index in [9.17, 15) is 4.79 Å². The monoisotopic (exact) mass is 370 g/mol. The summed E-state index contributed by atoms with van der Waals surface area (Å²) in [7, 11) is 0. The molecule has 0 aliphatic rings. The van der Waals surface area contributed by atoms with Crippen molar-refractivity contribution in [1.29, 1.82) is 0 Å². The number of anilines is 1. The summed E-state index contributed by atoms with van der Waals surface area (Å²) in [4.78, 5) is 16.9. The van der Waals surface area contributed by atoms with Gasteiger partial charge < -0.3 is 5.32 Å². The van der Waals surface area contributed by atoms with Crippen molar-refractivity contribution in [2.45, 2.75) is 25.8 Å². The maximum Gasteiger partial charge on any atom is 0.234 e. The molecule has 1 heterocycles. The van der Waals surface area contributed by atoms with Crippen LogP contribution in [0, 0.1) is 20.8 Å². The Morgan fingerprint density at radius 1 is 1.12 bits per heavy atom. The van der Waals surface area contributed by atoms with E-state index in [1.54, 1.807) is 12.1 Å². The topological polar surface area (TPSA) is 42.0 Å². The van der Waals surface area contributed by atoms with Gasteiger partial charge in [-0.1, -0.05) is 41.1 Å². The third-order valence-corrected chi connectivity index (χ3v) is 5.04. The molecular formula is C20H19ClN2OS. The van der Waals surface area contributed by atoms with Crippen molar-refractivity contribution >= 4 is 45.9 Å². The number of hydrogen-bond donors (Lipinski definition) is 1. The zero-order chi connectivity index (χ0) is 18.0. The molecule has 3 aromatic rings. The number of pyridine rings is 1. The summed E-state index contributed by atoms with van der Waals surface area (Å²) in [5, 5.41) is 5.48. The molecule has 0 atom stereocenters. The zero-order valence-electron chi connectivity index (χ0n) is 14.4. The Kier molecular flexibility index (Phi) is 5.30. The van der Waals surface area contributed by atoms with E-state index in [4.69, 9.17) is 16.6 Å². The van der Waals surface area contributed by atoms with Crippen LogP contribution < -0.4 is 5.32 Å². The molecule has 3 rings (SSSR count). The van der Waals surface area contributed by atoms with Crippen LogP contribution in [0.5, 0.6) is 0 Å². The van der Waals surface area contributed by atoms with Crippen molar-refractivity contribution < 1.29 is 4.79 Å². The smallest absolute Gasteiger partial charge is 0.234 e.